The van der Waals surface area contributed by atoms with Crippen LogP contribution in [0.4, 0.5) is 0 Å². The smallest absolute Gasteiger partial charge is 0.188 e. The van der Waals surface area contributed by atoms with Crippen LogP contribution < -0.4 is 0 Å². The highest BCUT2D eigenvalue weighted by Gasteiger charge is 2.20. The Bertz CT molecular complexity index is 496. The van der Waals surface area contributed by atoms with Gasteiger partial charge in [-0.2, -0.15) is 0 Å². The van der Waals surface area contributed by atoms with Crippen molar-refractivity contribution in [1.82, 2.24) is 0 Å². The first-order valence-electron chi connectivity index (χ1n) is 5.52. The van der Waals surface area contributed by atoms with Crippen molar-refractivity contribution in [2.75, 3.05) is 0 Å². The number of carbonyl (C=O) groups excluding carboxylic acids is 1. The minimum Gasteiger partial charge on any atom is -0.292 e. The number of carbonyl (C=O) groups is 1. The molecule has 1 atom stereocenters. The van der Waals surface area contributed by atoms with E-state index in [-0.39, 0.29) is 5.78 Å². The number of hydrogen-bond donors (Lipinski definition) is 0. The molecule has 0 N–H and O–H groups in total. The van der Waals surface area contributed by atoms with Crippen LogP contribution in [0, 0.1) is 5.92 Å². The van der Waals surface area contributed by atoms with Crippen molar-refractivity contribution in [3.63, 3.8) is 0 Å². The fraction of sp³-hybridized carbons (Fsp3) is 0.385. The maximum atomic E-state index is 12.3. The molecule has 1 aromatic carbocycles. The molecule has 1 unspecified atom stereocenters. The molecule has 2 nitrogen and oxygen atoms in total. The van der Waals surface area contributed by atoms with Crippen molar-refractivity contribution >= 4 is 46.4 Å². The van der Waals surface area contributed by atoms with Gasteiger partial charge in [-0.1, -0.05) is 37.0 Å². The lowest BCUT2D eigenvalue weighted by molar-refractivity contribution is 0.0952. The third kappa shape index (κ3) is 4.18. The minimum absolute atomic E-state index is 0.111. The maximum absolute atomic E-state index is 12.3. The zero-order valence-corrected chi connectivity index (χ0v) is 12.4. The van der Waals surface area contributed by atoms with Crippen LogP contribution in [-0.2, 0) is 0 Å². The number of ketones is 1. The third-order valence-corrected chi connectivity index (χ3v) is 3.25. The predicted molar refractivity (Wildman–Crippen MR) is 79.1 cm³/mol. The lowest BCUT2D eigenvalue weighted by atomic mass is 9.96. The molecule has 0 amide bonds. The Labute approximate surface area is 122 Å². The minimum atomic E-state index is -0.500. The van der Waals surface area contributed by atoms with Gasteiger partial charge in [0.2, 0.25) is 0 Å². The van der Waals surface area contributed by atoms with Crippen LogP contribution in [0.3, 0.4) is 0 Å². The molecule has 0 heterocycles. The van der Waals surface area contributed by atoms with Gasteiger partial charge in [0.1, 0.15) is 6.04 Å². The number of benzene rings is 1. The monoisotopic (exact) mass is 301 g/mol. The number of halogens is 2. The predicted octanol–water partition coefficient (Wildman–Crippen LogP) is 4.69. The van der Waals surface area contributed by atoms with Gasteiger partial charge in [0.05, 0.1) is 15.2 Å². The van der Waals surface area contributed by atoms with Crippen molar-refractivity contribution in [2.24, 2.45) is 10.9 Å². The molecule has 0 spiro atoms. The van der Waals surface area contributed by atoms with Crippen molar-refractivity contribution < 1.29 is 4.79 Å². The zero-order valence-electron chi connectivity index (χ0n) is 10.1. The van der Waals surface area contributed by atoms with Crippen molar-refractivity contribution in [3.05, 3.63) is 33.8 Å². The van der Waals surface area contributed by atoms with Gasteiger partial charge in [-0.3, -0.25) is 4.79 Å². The maximum Gasteiger partial charge on any atom is 0.188 e. The highest BCUT2D eigenvalue weighted by molar-refractivity contribution is 7.78. The Morgan fingerprint density at radius 1 is 1.39 bits per heavy atom. The molecule has 1 aromatic rings. The highest BCUT2D eigenvalue weighted by atomic mass is 35.5. The van der Waals surface area contributed by atoms with Gasteiger partial charge in [-0.05, 0) is 42.8 Å². The number of isothiocyanates is 1. The summed E-state index contributed by atoms with van der Waals surface area (Å²) in [6, 6.07) is 4.30. The topological polar surface area (TPSA) is 29.4 Å². The Morgan fingerprint density at radius 3 is 2.56 bits per heavy atom. The molecule has 5 heteroatoms. The van der Waals surface area contributed by atoms with E-state index in [2.05, 4.69) is 22.4 Å². The Balaban J connectivity index is 3.01. The first kappa shape index (κ1) is 15.3. The largest absolute Gasteiger partial charge is 0.292 e. The van der Waals surface area contributed by atoms with Crippen LogP contribution >= 0.6 is 35.4 Å². The van der Waals surface area contributed by atoms with Gasteiger partial charge in [-0.15, -0.1) is 0 Å². The third-order valence-electron chi connectivity index (χ3n) is 2.41. The van der Waals surface area contributed by atoms with Crippen LogP contribution in [-0.4, -0.2) is 17.0 Å². The molecule has 0 radical (unpaired) electrons. The summed E-state index contributed by atoms with van der Waals surface area (Å²) in [5.74, 6) is 0.230. The zero-order chi connectivity index (χ0) is 13.7. The van der Waals surface area contributed by atoms with E-state index < -0.39 is 6.04 Å². The molecule has 0 saturated heterocycles. The molecule has 1 rings (SSSR count). The summed E-state index contributed by atoms with van der Waals surface area (Å²) in [4.78, 5) is 16.2. The van der Waals surface area contributed by atoms with E-state index in [1.807, 2.05) is 13.8 Å². The summed E-state index contributed by atoms with van der Waals surface area (Å²) in [5, 5.41) is 3.06. The molecule has 0 aliphatic heterocycles. The van der Waals surface area contributed by atoms with Crippen LogP contribution in [0.5, 0.6) is 0 Å². The van der Waals surface area contributed by atoms with E-state index in [9.17, 15) is 4.79 Å². The molecule has 18 heavy (non-hydrogen) atoms. The van der Waals surface area contributed by atoms with Crippen LogP contribution in [0.25, 0.3) is 0 Å². The molecule has 0 aliphatic rings. The summed E-state index contributed by atoms with van der Waals surface area (Å²) >= 11 is 16.3. The SMILES string of the molecule is CC(C)CC(N=C=S)C(=O)c1ccc(Cl)c(Cl)c1. The van der Waals surface area contributed by atoms with Gasteiger partial charge in [-0.25, -0.2) is 4.99 Å². The van der Waals surface area contributed by atoms with Crippen molar-refractivity contribution in [2.45, 2.75) is 26.3 Å². The van der Waals surface area contributed by atoms with E-state index in [4.69, 9.17) is 23.2 Å². The summed E-state index contributed by atoms with van der Waals surface area (Å²) in [6.45, 7) is 4.04. The average Bonchev–Trinajstić information content (AvgIpc) is 2.31. The average molecular weight is 302 g/mol. The molecule has 96 valence electrons. The second kappa shape index (κ2) is 7.01. The normalized spacial score (nSPS) is 12.1. The molecular formula is C13H13Cl2NOS. The van der Waals surface area contributed by atoms with Gasteiger partial charge in [0.15, 0.2) is 5.78 Å². The summed E-state index contributed by atoms with van der Waals surface area (Å²) in [5.41, 5.74) is 0.490. The molecule has 0 aromatic heterocycles. The van der Waals surface area contributed by atoms with Gasteiger partial charge in [0, 0.05) is 5.56 Å². The lowest BCUT2D eigenvalue weighted by Crippen LogP contribution is -2.20. The number of nitrogens with zero attached hydrogens (tertiary/aromatic N) is 1. The first-order chi connectivity index (χ1) is 8.45. The fourth-order valence-electron chi connectivity index (χ4n) is 1.57. The number of aliphatic imine (C=N–C) groups is 1. The number of hydrogen-bond acceptors (Lipinski definition) is 3. The highest BCUT2D eigenvalue weighted by Crippen LogP contribution is 2.24. The van der Waals surface area contributed by atoms with Crippen molar-refractivity contribution in [1.29, 1.82) is 0 Å². The van der Waals surface area contributed by atoms with E-state index in [0.717, 1.165) is 0 Å². The molecular weight excluding hydrogens is 289 g/mol. The lowest BCUT2D eigenvalue weighted by Gasteiger charge is -2.12. The number of Topliss-reactive ketones (excluding diaryl/α,β-unsaturated/α-hetero) is 1. The second-order valence-corrected chi connectivity index (χ2v) is 5.36. The Morgan fingerprint density at radius 2 is 2.06 bits per heavy atom. The molecule has 0 saturated carbocycles. The van der Waals surface area contributed by atoms with Gasteiger partial charge < -0.3 is 0 Å². The molecule has 0 aliphatic carbocycles. The van der Waals surface area contributed by atoms with Crippen LogP contribution in [0.2, 0.25) is 10.0 Å². The van der Waals surface area contributed by atoms with E-state index >= 15 is 0 Å². The van der Waals surface area contributed by atoms with E-state index in [0.29, 0.717) is 27.9 Å². The molecule has 0 bridgehead atoms. The Hall–Kier alpha value is -0.730. The van der Waals surface area contributed by atoms with Gasteiger partial charge >= 0.3 is 0 Å². The summed E-state index contributed by atoms with van der Waals surface area (Å²) < 4.78 is 0. The first-order valence-corrected chi connectivity index (χ1v) is 6.68. The summed E-state index contributed by atoms with van der Waals surface area (Å²) in [6.07, 6.45) is 0.628. The fourth-order valence-corrected chi connectivity index (χ4v) is 2.00. The van der Waals surface area contributed by atoms with Crippen molar-refractivity contribution in [3.8, 4) is 0 Å². The van der Waals surface area contributed by atoms with E-state index in [1.165, 1.54) is 0 Å². The van der Waals surface area contributed by atoms with Crippen LogP contribution in [0.15, 0.2) is 23.2 Å². The van der Waals surface area contributed by atoms with Crippen LogP contribution in [0.1, 0.15) is 30.6 Å². The standard InChI is InChI=1S/C13H13Cl2NOS/c1-8(2)5-12(16-7-18)13(17)9-3-4-10(14)11(15)6-9/h3-4,6,8,12H,5H2,1-2H3. The Kier molecular flexibility index (Phi) is 5.97. The molecule has 0 fully saturated rings. The van der Waals surface area contributed by atoms with E-state index in [1.54, 1.807) is 18.2 Å². The quantitative estimate of drug-likeness (QED) is 0.448. The number of thiocarbonyl (C=S) groups is 1. The summed E-state index contributed by atoms with van der Waals surface area (Å²) in [7, 11) is 0. The number of rotatable bonds is 5. The van der Waals surface area contributed by atoms with Gasteiger partial charge in [0.25, 0.3) is 0 Å². The second-order valence-electron chi connectivity index (χ2n) is 4.36.